The number of nitro groups is 1. The zero-order valence-electron chi connectivity index (χ0n) is 11.0. The van der Waals surface area contributed by atoms with E-state index in [0.29, 0.717) is 31.7 Å². The SMILES string of the molecule is O=[N+]([O-])c1ccc(C(O)CNCC2(O)CCOC2)cc1. The molecule has 2 rings (SSSR count). The van der Waals surface area contributed by atoms with Crippen molar-refractivity contribution in [3.63, 3.8) is 0 Å². The van der Waals surface area contributed by atoms with Crippen LogP contribution in [-0.2, 0) is 4.74 Å². The summed E-state index contributed by atoms with van der Waals surface area (Å²) in [5.41, 5.74) is -0.279. The smallest absolute Gasteiger partial charge is 0.269 e. The van der Waals surface area contributed by atoms with E-state index in [1.165, 1.54) is 24.3 Å². The Kier molecular flexibility index (Phi) is 4.66. The molecular formula is C13H18N2O5. The van der Waals surface area contributed by atoms with Gasteiger partial charge in [0.2, 0.25) is 0 Å². The zero-order chi connectivity index (χ0) is 14.6. The van der Waals surface area contributed by atoms with Gasteiger partial charge >= 0.3 is 0 Å². The third kappa shape index (κ3) is 3.73. The van der Waals surface area contributed by atoms with E-state index in [2.05, 4.69) is 5.32 Å². The standard InChI is InChI=1S/C13H18N2O5/c16-12(7-14-8-13(17)5-6-20-9-13)10-1-3-11(4-2-10)15(18)19/h1-4,12,14,16-17H,5-9H2. The highest BCUT2D eigenvalue weighted by molar-refractivity contribution is 5.33. The minimum absolute atomic E-state index is 0.00803. The highest BCUT2D eigenvalue weighted by Gasteiger charge is 2.31. The van der Waals surface area contributed by atoms with E-state index in [0.717, 1.165) is 0 Å². The lowest BCUT2D eigenvalue weighted by Gasteiger charge is -2.22. The molecular weight excluding hydrogens is 264 g/mol. The minimum atomic E-state index is -0.866. The predicted octanol–water partition coefficient (Wildman–Crippen LogP) is 0.369. The Hall–Kier alpha value is -1.54. The number of nitro benzene ring substituents is 1. The number of aliphatic hydroxyl groups excluding tert-OH is 1. The summed E-state index contributed by atoms with van der Waals surface area (Å²) < 4.78 is 5.12. The lowest BCUT2D eigenvalue weighted by Crippen LogP contribution is -2.42. The van der Waals surface area contributed by atoms with Crippen LogP contribution >= 0.6 is 0 Å². The van der Waals surface area contributed by atoms with Crippen molar-refractivity contribution in [2.75, 3.05) is 26.3 Å². The van der Waals surface area contributed by atoms with Crippen LogP contribution in [-0.4, -0.2) is 47.0 Å². The summed E-state index contributed by atoms with van der Waals surface area (Å²) in [6.07, 6.45) is -0.199. The van der Waals surface area contributed by atoms with Crippen molar-refractivity contribution in [1.29, 1.82) is 0 Å². The van der Waals surface area contributed by atoms with Crippen LogP contribution in [0.1, 0.15) is 18.1 Å². The van der Waals surface area contributed by atoms with Crippen molar-refractivity contribution >= 4 is 5.69 Å². The average molecular weight is 282 g/mol. The largest absolute Gasteiger partial charge is 0.387 e. The Balaban J connectivity index is 1.82. The van der Waals surface area contributed by atoms with Crippen LogP contribution in [0.15, 0.2) is 24.3 Å². The van der Waals surface area contributed by atoms with Gasteiger partial charge in [0.15, 0.2) is 0 Å². The molecule has 0 radical (unpaired) electrons. The number of rotatable bonds is 6. The first-order valence-electron chi connectivity index (χ1n) is 6.43. The first-order chi connectivity index (χ1) is 9.50. The van der Waals surface area contributed by atoms with Crippen molar-refractivity contribution < 1.29 is 19.9 Å². The fourth-order valence-corrected chi connectivity index (χ4v) is 2.11. The summed E-state index contributed by atoms with van der Waals surface area (Å²) in [6, 6.07) is 5.77. The number of non-ortho nitro benzene ring substituents is 1. The molecule has 110 valence electrons. The molecule has 0 bridgehead atoms. The van der Waals surface area contributed by atoms with Gasteiger partial charge in [0.05, 0.1) is 17.6 Å². The van der Waals surface area contributed by atoms with E-state index in [9.17, 15) is 20.3 Å². The molecule has 0 aliphatic carbocycles. The summed E-state index contributed by atoms with van der Waals surface area (Å²) in [4.78, 5) is 10.0. The van der Waals surface area contributed by atoms with Crippen LogP contribution in [0.5, 0.6) is 0 Å². The van der Waals surface area contributed by atoms with E-state index in [1.54, 1.807) is 0 Å². The normalized spacial score (nSPS) is 23.7. The molecule has 1 heterocycles. The monoisotopic (exact) mass is 282 g/mol. The lowest BCUT2D eigenvalue weighted by molar-refractivity contribution is -0.384. The Labute approximate surface area is 116 Å². The molecule has 0 spiro atoms. The summed E-state index contributed by atoms with van der Waals surface area (Å²) in [7, 11) is 0. The summed E-state index contributed by atoms with van der Waals surface area (Å²) in [6.45, 7) is 1.45. The molecule has 1 saturated heterocycles. The molecule has 20 heavy (non-hydrogen) atoms. The highest BCUT2D eigenvalue weighted by Crippen LogP contribution is 2.19. The van der Waals surface area contributed by atoms with Gasteiger partial charge in [-0.15, -0.1) is 0 Å². The second-order valence-corrected chi connectivity index (χ2v) is 5.02. The van der Waals surface area contributed by atoms with E-state index in [1.807, 2.05) is 0 Å². The molecule has 7 heteroatoms. The maximum absolute atomic E-state index is 10.5. The van der Waals surface area contributed by atoms with E-state index >= 15 is 0 Å². The van der Waals surface area contributed by atoms with Crippen LogP contribution in [0.4, 0.5) is 5.69 Å². The van der Waals surface area contributed by atoms with Crippen molar-refractivity contribution in [2.45, 2.75) is 18.1 Å². The maximum Gasteiger partial charge on any atom is 0.269 e. The van der Waals surface area contributed by atoms with E-state index in [4.69, 9.17) is 4.74 Å². The van der Waals surface area contributed by atoms with Crippen LogP contribution in [0.25, 0.3) is 0 Å². The Morgan fingerprint density at radius 2 is 2.15 bits per heavy atom. The number of hydrogen-bond acceptors (Lipinski definition) is 6. The molecule has 7 nitrogen and oxygen atoms in total. The fourth-order valence-electron chi connectivity index (χ4n) is 2.11. The molecule has 1 aromatic rings. The highest BCUT2D eigenvalue weighted by atomic mass is 16.6. The average Bonchev–Trinajstić information content (AvgIpc) is 2.85. The quantitative estimate of drug-likeness (QED) is 0.514. The molecule has 1 aliphatic rings. The molecule has 1 aliphatic heterocycles. The third-order valence-electron chi connectivity index (χ3n) is 3.36. The number of hydrogen-bond donors (Lipinski definition) is 3. The second kappa shape index (κ2) is 6.27. The Bertz CT molecular complexity index is 456. The molecule has 1 aromatic carbocycles. The van der Waals surface area contributed by atoms with Crippen LogP contribution < -0.4 is 5.32 Å². The van der Waals surface area contributed by atoms with Gasteiger partial charge in [0.25, 0.3) is 5.69 Å². The van der Waals surface area contributed by atoms with Gasteiger partial charge in [-0.1, -0.05) is 0 Å². The van der Waals surface area contributed by atoms with E-state index < -0.39 is 16.6 Å². The summed E-state index contributed by atoms with van der Waals surface area (Å²) in [5, 5.41) is 33.5. The third-order valence-corrected chi connectivity index (χ3v) is 3.36. The molecule has 3 N–H and O–H groups in total. The maximum atomic E-state index is 10.5. The van der Waals surface area contributed by atoms with Gasteiger partial charge in [0.1, 0.15) is 5.60 Å². The van der Waals surface area contributed by atoms with Gasteiger partial charge in [0, 0.05) is 38.2 Å². The van der Waals surface area contributed by atoms with Gasteiger partial charge < -0.3 is 20.3 Å². The molecule has 1 fully saturated rings. The van der Waals surface area contributed by atoms with Crippen LogP contribution in [0.3, 0.4) is 0 Å². The number of ether oxygens (including phenoxy) is 1. The molecule has 0 saturated carbocycles. The fraction of sp³-hybridized carbons (Fsp3) is 0.538. The van der Waals surface area contributed by atoms with E-state index in [-0.39, 0.29) is 12.2 Å². The van der Waals surface area contributed by atoms with Crippen LogP contribution in [0, 0.1) is 10.1 Å². The zero-order valence-corrected chi connectivity index (χ0v) is 11.0. The van der Waals surface area contributed by atoms with Gasteiger partial charge in [-0.05, 0) is 17.7 Å². The van der Waals surface area contributed by atoms with Gasteiger partial charge in [-0.2, -0.15) is 0 Å². The molecule has 2 unspecified atom stereocenters. The lowest BCUT2D eigenvalue weighted by atomic mass is 10.0. The topological polar surface area (TPSA) is 105 Å². The minimum Gasteiger partial charge on any atom is -0.387 e. The Morgan fingerprint density at radius 1 is 1.45 bits per heavy atom. The summed E-state index contributed by atoms with van der Waals surface area (Å²) in [5.74, 6) is 0. The predicted molar refractivity (Wildman–Crippen MR) is 71.3 cm³/mol. The molecule has 0 aromatic heterocycles. The number of aliphatic hydroxyl groups is 2. The van der Waals surface area contributed by atoms with Crippen molar-refractivity contribution in [2.24, 2.45) is 0 Å². The van der Waals surface area contributed by atoms with Crippen molar-refractivity contribution in [3.8, 4) is 0 Å². The molecule has 0 amide bonds. The Morgan fingerprint density at radius 3 is 2.70 bits per heavy atom. The second-order valence-electron chi connectivity index (χ2n) is 5.02. The number of nitrogens with zero attached hydrogens (tertiary/aromatic N) is 1. The summed E-state index contributed by atoms with van der Waals surface area (Å²) >= 11 is 0. The van der Waals surface area contributed by atoms with Crippen LogP contribution in [0.2, 0.25) is 0 Å². The first-order valence-corrected chi connectivity index (χ1v) is 6.43. The number of nitrogens with one attached hydrogen (secondary N) is 1. The van der Waals surface area contributed by atoms with Gasteiger partial charge in [-0.3, -0.25) is 10.1 Å². The van der Waals surface area contributed by atoms with Crippen molar-refractivity contribution in [3.05, 3.63) is 39.9 Å². The first kappa shape index (κ1) is 14.9. The number of benzene rings is 1. The molecule has 2 atom stereocenters. The van der Waals surface area contributed by atoms with Crippen molar-refractivity contribution in [1.82, 2.24) is 5.32 Å². The van der Waals surface area contributed by atoms with Gasteiger partial charge in [-0.25, -0.2) is 0 Å².